The van der Waals surface area contributed by atoms with Gasteiger partial charge in [0.2, 0.25) is 5.91 Å². The lowest BCUT2D eigenvalue weighted by molar-refractivity contribution is -0.120. The van der Waals surface area contributed by atoms with E-state index in [1.807, 2.05) is 6.07 Å². The van der Waals surface area contributed by atoms with E-state index < -0.39 is 23.8 Å². The minimum Gasteiger partial charge on any atom is -0.493 e. The van der Waals surface area contributed by atoms with Crippen LogP contribution < -0.4 is 15.4 Å². The first kappa shape index (κ1) is 26.1. The van der Waals surface area contributed by atoms with Crippen LogP contribution in [0.4, 0.5) is 8.78 Å². The summed E-state index contributed by atoms with van der Waals surface area (Å²) < 4.78 is 33.1. The number of hydrogen-bond donors (Lipinski definition) is 3. The van der Waals surface area contributed by atoms with E-state index >= 15 is 0 Å². The number of carbonyl (C=O) groups excluding carboxylic acids is 1. The first-order valence-electron chi connectivity index (χ1n) is 12.2. The number of rotatable bonds is 11. The second-order valence-electron chi connectivity index (χ2n) is 9.21. The Balaban J connectivity index is 1.69. The first-order valence-corrected chi connectivity index (χ1v) is 12.2. The molecular weight excluding hydrogens is 438 g/mol. The van der Waals surface area contributed by atoms with Gasteiger partial charge in [0, 0.05) is 37.6 Å². The second kappa shape index (κ2) is 12.3. The Kier molecular flexibility index (Phi) is 9.42. The number of fused-ring (bicyclic) bond motifs is 1. The Hall–Kier alpha value is -2.51. The van der Waals surface area contributed by atoms with Crippen molar-refractivity contribution in [2.24, 2.45) is 5.92 Å². The van der Waals surface area contributed by atoms with Gasteiger partial charge in [-0.05, 0) is 48.1 Å². The maximum absolute atomic E-state index is 13.6. The normalized spacial score (nSPS) is 17.1. The van der Waals surface area contributed by atoms with Crippen LogP contribution in [-0.4, -0.2) is 36.3 Å². The van der Waals surface area contributed by atoms with E-state index in [9.17, 15) is 18.7 Å². The van der Waals surface area contributed by atoms with Gasteiger partial charge in [-0.2, -0.15) is 0 Å². The highest BCUT2D eigenvalue weighted by atomic mass is 19.1. The molecule has 0 saturated carbocycles. The van der Waals surface area contributed by atoms with Crippen molar-refractivity contribution in [1.29, 1.82) is 0 Å². The molecule has 0 aliphatic carbocycles. The third-order valence-corrected chi connectivity index (χ3v) is 6.60. The SMILES string of the molecule is CCC(CC)Cc1ccc2c(c1)C(NCC(O)C(Cc1cc(F)cc(F)c1)NC(C)=O)CCO2. The van der Waals surface area contributed by atoms with Crippen molar-refractivity contribution in [1.82, 2.24) is 10.6 Å². The van der Waals surface area contributed by atoms with E-state index in [4.69, 9.17) is 4.74 Å². The van der Waals surface area contributed by atoms with Gasteiger partial charge in [-0.3, -0.25) is 4.79 Å². The van der Waals surface area contributed by atoms with Crippen LogP contribution in [0.15, 0.2) is 36.4 Å². The Morgan fingerprint density at radius 1 is 1.09 bits per heavy atom. The van der Waals surface area contributed by atoms with Crippen molar-refractivity contribution in [3.05, 3.63) is 64.7 Å². The number of benzene rings is 2. The first-order chi connectivity index (χ1) is 16.3. The molecule has 0 bridgehead atoms. The van der Waals surface area contributed by atoms with E-state index in [2.05, 4.69) is 36.6 Å². The van der Waals surface area contributed by atoms with Gasteiger partial charge in [-0.1, -0.05) is 38.8 Å². The Morgan fingerprint density at radius 2 is 1.79 bits per heavy atom. The highest BCUT2D eigenvalue weighted by molar-refractivity contribution is 5.73. The molecule has 186 valence electrons. The minimum atomic E-state index is -0.950. The maximum Gasteiger partial charge on any atom is 0.217 e. The van der Waals surface area contributed by atoms with Crippen molar-refractivity contribution < 1.29 is 23.4 Å². The molecule has 7 heteroatoms. The molecule has 3 unspecified atom stereocenters. The molecule has 0 aromatic heterocycles. The van der Waals surface area contributed by atoms with Crippen molar-refractivity contribution in [3.8, 4) is 5.75 Å². The molecule has 0 saturated heterocycles. The third kappa shape index (κ3) is 7.24. The van der Waals surface area contributed by atoms with E-state index in [-0.39, 0.29) is 24.9 Å². The van der Waals surface area contributed by atoms with Crippen LogP contribution in [0.5, 0.6) is 5.75 Å². The van der Waals surface area contributed by atoms with Crippen LogP contribution >= 0.6 is 0 Å². The van der Waals surface area contributed by atoms with E-state index in [1.54, 1.807) is 0 Å². The van der Waals surface area contributed by atoms with Gasteiger partial charge >= 0.3 is 0 Å². The smallest absolute Gasteiger partial charge is 0.217 e. The molecule has 1 aliphatic heterocycles. The van der Waals surface area contributed by atoms with Crippen LogP contribution in [0.1, 0.15) is 62.8 Å². The Bertz CT molecular complexity index is 945. The highest BCUT2D eigenvalue weighted by Gasteiger charge is 2.26. The summed E-state index contributed by atoms with van der Waals surface area (Å²) in [5.74, 6) is -0.204. The van der Waals surface area contributed by atoms with Gasteiger partial charge in [0.15, 0.2) is 0 Å². The van der Waals surface area contributed by atoms with E-state index in [0.717, 1.165) is 43.1 Å². The summed E-state index contributed by atoms with van der Waals surface area (Å²) in [6, 6.07) is 8.89. The number of aliphatic hydroxyl groups is 1. The zero-order valence-corrected chi connectivity index (χ0v) is 20.2. The quantitative estimate of drug-likeness (QED) is 0.450. The topological polar surface area (TPSA) is 70.6 Å². The zero-order chi connectivity index (χ0) is 24.7. The molecule has 3 N–H and O–H groups in total. The standard InChI is InChI=1S/C27H36F2N2O3/c1-4-18(5-2)10-19-6-7-27-23(13-19)24(8-9-34-27)30-16-26(33)25(31-17(3)32)14-20-11-21(28)15-22(29)12-20/h6-7,11-13,15,18,24-26,30,33H,4-5,8-10,14,16H2,1-3H3,(H,31,32). The lowest BCUT2D eigenvalue weighted by atomic mass is 9.91. The van der Waals surface area contributed by atoms with Crippen molar-refractivity contribution >= 4 is 5.91 Å². The molecule has 0 radical (unpaired) electrons. The number of nitrogens with one attached hydrogen (secondary N) is 2. The highest BCUT2D eigenvalue weighted by Crippen LogP contribution is 2.33. The Morgan fingerprint density at radius 3 is 2.44 bits per heavy atom. The molecule has 5 nitrogen and oxygen atoms in total. The fourth-order valence-electron chi connectivity index (χ4n) is 4.63. The van der Waals surface area contributed by atoms with Crippen molar-refractivity contribution in [2.75, 3.05) is 13.2 Å². The van der Waals surface area contributed by atoms with E-state index in [1.165, 1.54) is 24.6 Å². The molecule has 3 rings (SSSR count). The third-order valence-electron chi connectivity index (χ3n) is 6.60. The van der Waals surface area contributed by atoms with Gasteiger partial charge in [-0.25, -0.2) is 8.78 Å². The molecule has 0 fully saturated rings. The molecule has 0 spiro atoms. The van der Waals surface area contributed by atoms with Gasteiger partial charge in [0.05, 0.1) is 18.8 Å². The summed E-state index contributed by atoms with van der Waals surface area (Å²) in [4.78, 5) is 11.7. The second-order valence-corrected chi connectivity index (χ2v) is 9.21. The number of carbonyl (C=O) groups is 1. The van der Waals surface area contributed by atoms with Crippen LogP contribution in [0.2, 0.25) is 0 Å². The number of aliphatic hydroxyl groups excluding tert-OH is 1. The molecule has 34 heavy (non-hydrogen) atoms. The van der Waals surface area contributed by atoms with Crippen molar-refractivity contribution in [2.45, 2.75) is 71.1 Å². The number of ether oxygens (including phenoxy) is 1. The summed E-state index contributed by atoms with van der Waals surface area (Å²) in [6.07, 6.45) is 3.21. The van der Waals surface area contributed by atoms with Crippen LogP contribution in [0.25, 0.3) is 0 Å². The molecule has 1 heterocycles. The molecule has 1 aliphatic rings. The summed E-state index contributed by atoms with van der Waals surface area (Å²) in [5.41, 5.74) is 2.72. The average Bonchev–Trinajstić information content (AvgIpc) is 2.79. The van der Waals surface area contributed by atoms with E-state index in [0.29, 0.717) is 18.1 Å². The predicted molar refractivity (Wildman–Crippen MR) is 129 cm³/mol. The lowest BCUT2D eigenvalue weighted by Crippen LogP contribution is -2.48. The van der Waals surface area contributed by atoms with Crippen LogP contribution in [0, 0.1) is 17.6 Å². The van der Waals surface area contributed by atoms with Crippen LogP contribution in [0.3, 0.4) is 0 Å². The summed E-state index contributed by atoms with van der Waals surface area (Å²) in [7, 11) is 0. The minimum absolute atomic E-state index is 0.00430. The fraction of sp³-hybridized carbons (Fsp3) is 0.519. The molecular formula is C27H36F2N2O3. The van der Waals surface area contributed by atoms with Crippen LogP contribution in [-0.2, 0) is 17.6 Å². The summed E-state index contributed by atoms with van der Waals surface area (Å²) in [6.45, 7) is 6.57. The van der Waals surface area contributed by atoms with Gasteiger partial charge < -0.3 is 20.5 Å². The summed E-state index contributed by atoms with van der Waals surface area (Å²) >= 11 is 0. The number of hydrogen-bond acceptors (Lipinski definition) is 4. The zero-order valence-electron chi connectivity index (χ0n) is 20.2. The maximum atomic E-state index is 13.6. The van der Waals surface area contributed by atoms with Gasteiger partial charge in [-0.15, -0.1) is 0 Å². The molecule has 1 amide bonds. The van der Waals surface area contributed by atoms with Crippen molar-refractivity contribution in [3.63, 3.8) is 0 Å². The summed E-state index contributed by atoms with van der Waals surface area (Å²) in [5, 5.41) is 17.0. The van der Waals surface area contributed by atoms with Gasteiger partial charge in [0.1, 0.15) is 17.4 Å². The Labute approximate surface area is 200 Å². The number of halogens is 2. The van der Waals surface area contributed by atoms with Gasteiger partial charge in [0.25, 0.3) is 0 Å². The average molecular weight is 475 g/mol. The monoisotopic (exact) mass is 474 g/mol. The largest absolute Gasteiger partial charge is 0.493 e. The number of amides is 1. The predicted octanol–water partition coefficient (Wildman–Crippen LogP) is 4.47. The molecule has 2 aromatic rings. The fourth-order valence-corrected chi connectivity index (χ4v) is 4.63. The molecule has 2 aromatic carbocycles. The lowest BCUT2D eigenvalue weighted by Gasteiger charge is -2.30. The molecule has 3 atom stereocenters.